The molecule has 4 rings (SSSR count). The van der Waals surface area contributed by atoms with Gasteiger partial charge in [-0.2, -0.15) is 0 Å². The van der Waals surface area contributed by atoms with Crippen LogP contribution >= 0.6 is 0 Å². The third kappa shape index (κ3) is 9.59. The third-order valence-corrected chi connectivity index (χ3v) is 11.3. The molecule has 0 bridgehead atoms. The van der Waals surface area contributed by atoms with E-state index in [0.29, 0.717) is 19.3 Å². The first-order valence-corrected chi connectivity index (χ1v) is 18.4. The predicted octanol–water partition coefficient (Wildman–Crippen LogP) is 2.55. The van der Waals surface area contributed by atoms with E-state index in [4.69, 9.17) is 28.4 Å². The number of epoxide rings is 1. The molecule has 4 aliphatic heterocycles. The Morgan fingerprint density at radius 3 is 2.28 bits per heavy atom. The van der Waals surface area contributed by atoms with Crippen LogP contribution in [0.4, 0.5) is 0 Å². The van der Waals surface area contributed by atoms with E-state index < -0.39 is 96.8 Å². The van der Waals surface area contributed by atoms with Crippen LogP contribution in [0.15, 0.2) is 12.2 Å². The van der Waals surface area contributed by atoms with E-state index >= 15 is 0 Å². The average molecular weight is 712 g/mol. The second kappa shape index (κ2) is 17.3. The van der Waals surface area contributed by atoms with Crippen molar-refractivity contribution in [3.63, 3.8) is 0 Å². The van der Waals surface area contributed by atoms with Gasteiger partial charge in [-0.25, -0.2) is 0 Å². The number of carbonyl (C=O) groups excluding carboxylic acids is 3. The summed E-state index contributed by atoms with van der Waals surface area (Å²) in [5, 5.41) is 33.4. The molecule has 286 valence electrons. The van der Waals surface area contributed by atoms with Gasteiger partial charge in [0.1, 0.15) is 30.2 Å². The summed E-state index contributed by atoms with van der Waals surface area (Å²) in [5.41, 5.74) is -0.675. The van der Waals surface area contributed by atoms with Crippen LogP contribution in [0.1, 0.15) is 87.0 Å². The first kappa shape index (κ1) is 41.0. The summed E-state index contributed by atoms with van der Waals surface area (Å²) in [5.74, 6) is -2.66. The van der Waals surface area contributed by atoms with Gasteiger partial charge < -0.3 is 53.4 Å². The zero-order chi connectivity index (χ0) is 37.1. The van der Waals surface area contributed by atoms with Crippen LogP contribution in [0.2, 0.25) is 0 Å². The van der Waals surface area contributed by atoms with Crippen molar-refractivity contribution in [2.45, 2.75) is 166 Å². The number of nitrogens with zero attached hydrogens (tertiary/aromatic N) is 1. The smallest absolute Gasteiger partial charge is 0.308 e. The van der Waals surface area contributed by atoms with Crippen LogP contribution in [0.5, 0.6) is 0 Å². The van der Waals surface area contributed by atoms with E-state index in [-0.39, 0.29) is 37.1 Å². The van der Waals surface area contributed by atoms with Crippen LogP contribution in [0, 0.1) is 23.7 Å². The molecule has 3 saturated heterocycles. The number of hydrogen-bond acceptors (Lipinski definition) is 13. The SMILES string of the molecule is CC[C@@H]1OC(=O)C[C@@H](O)[C@H](C)[C@H](O[C@@H]2O[C@@H](C)[C@@H](O[C@H]3CC[C@H](O)[C@@H](C)O3)[C@H](N(C)C)[C@@H]2O)[C@H](CC=O)C[C@@H](C)C(=O)/C=C/[C@@]2(C)O[C@@H]2[C@H]1C. The number of allylic oxidation sites excluding steroid dienone is 1. The van der Waals surface area contributed by atoms with Crippen molar-refractivity contribution >= 4 is 18.0 Å². The summed E-state index contributed by atoms with van der Waals surface area (Å²) in [6, 6.07) is -0.603. The maximum atomic E-state index is 13.4. The summed E-state index contributed by atoms with van der Waals surface area (Å²) in [6.45, 7) is 12.9. The highest BCUT2D eigenvalue weighted by Crippen LogP contribution is 2.45. The molecule has 0 aromatic heterocycles. The van der Waals surface area contributed by atoms with Crippen molar-refractivity contribution in [3.05, 3.63) is 12.2 Å². The van der Waals surface area contributed by atoms with Gasteiger partial charge in [-0.15, -0.1) is 0 Å². The molecule has 3 fully saturated rings. The lowest BCUT2D eigenvalue weighted by atomic mass is 9.79. The molecule has 3 N–H and O–H groups in total. The zero-order valence-electron chi connectivity index (χ0n) is 31.2. The first-order chi connectivity index (χ1) is 23.5. The number of aliphatic hydroxyl groups is 3. The molecule has 50 heavy (non-hydrogen) atoms. The minimum Gasteiger partial charge on any atom is -0.462 e. The normalized spacial score (nSPS) is 47.3. The minimum atomic E-state index is -1.23. The largest absolute Gasteiger partial charge is 0.462 e. The van der Waals surface area contributed by atoms with Crippen molar-refractivity contribution in [2.75, 3.05) is 14.1 Å². The number of aldehydes is 1. The predicted molar refractivity (Wildman–Crippen MR) is 182 cm³/mol. The maximum Gasteiger partial charge on any atom is 0.308 e. The first-order valence-electron chi connectivity index (χ1n) is 18.4. The number of esters is 1. The van der Waals surface area contributed by atoms with Crippen molar-refractivity contribution in [2.24, 2.45) is 23.7 Å². The number of ether oxygens (including phenoxy) is 6. The number of fused-ring (bicyclic) bond motifs is 1. The van der Waals surface area contributed by atoms with Crippen molar-refractivity contribution in [3.8, 4) is 0 Å². The highest BCUT2D eigenvalue weighted by molar-refractivity contribution is 5.91. The van der Waals surface area contributed by atoms with Gasteiger partial charge >= 0.3 is 5.97 Å². The van der Waals surface area contributed by atoms with E-state index in [1.165, 1.54) is 6.08 Å². The molecule has 4 heterocycles. The summed E-state index contributed by atoms with van der Waals surface area (Å²) in [4.78, 5) is 40.5. The monoisotopic (exact) mass is 711 g/mol. The average Bonchev–Trinajstić information content (AvgIpc) is 3.74. The van der Waals surface area contributed by atoms with Gasteiger partial charge in [0.2, 0.25) is 0 Å². The topological polar surface area (TPSA) is 174 Å². The molecule has 13 heteroatoms. The van der Waals surface area contributed by atoms with Crippen LogP contribution in [-0.4, -0.2) is 132 Å². The Hall–Kier alpha value is -1.81. The Bertz CT molecular complexity index is 1180. The zero-order valence-corrected chi connectivity index (χ0v) is 31.2. The summed E-state index contributed by atoms with van der Waals surface area (Å²) in [7, 11) is 3.63. The molecule has 17 atom stereocenters. The van der Waals surface area contributed by atoms with E-state index in [9.17, 15) is 29.7 Å². The molecular formula is C37H61NO12. The van der Waals surface area contributed by atoms with Gasteiger partial charge in [-0.1, -0.05) is 27.7 Å². The number of aliphatic hydroxyl groups excluding tert-OH is 3. The van der Waals surface area contributed by atoms with E-state index in [0.717, 1.165) is 6.29 Å². The second-order valence-corrected chi connectivity index (χ2v) is 15.5. The Morgan fingerprint density at radius 2 is 1.66 bits per heavy atom. The molecule has 0 aromatic carbocycles. The lowest BCUT2D eigenvalue weighted by Gasteiger charge is -2.49. The number of hydrogen-bond donors (Lipinski definition) is 3. The fourth-order valence-corrected chi connectivity index (χ4v) is 7.96. The minimum absolute atomic E-state index is 0.0100. The Morgan fingerprint density at radius 1 is 0.960 bits per heavy atom. The molecular weight excluding hydrogens is 650 g/mol. The van der Waals surface area contributed by atoms with Gasteiger partial charge in [-0.3, -0.25) is 9.59 Å². The lowest BCUT2D eigenvalue weighted by molar-refractivity contribution is -0.332. The standard InChI is InChI=1S/C37H61NO12/c1-10-28-21(4)35-37(7,50-35)15-13-25(40)19(2)17-24(14-16-39)33(20(3)27(42)18-29(43)47-28)49-36-32(44)31(38(8)9)34(23(6)46-36)48-30-12-11-26(41)22(5)45-30/h13,15-16,19-24,26-28,30-36,41-42,44H,10-12,14,17-18H2,1-9H3/b15-13+/t19-,20+,21+,22-,23+,24-,26+,27-,28+,30+,31-,32+,33+,34-,35-,36+,37-/m1/s1. The molecule has 0 saturated carbocycles. The van der Waals surface area contributed by atoms with Gasteiger partial charge in [0, 0.05) is 30.6 Å². The molecule has 0 radical (unpaired) electrons. The van der Waals surface area contributed by atoms with Crippen molar-refractivity contribution in [1.82, 2.24) is 4.90 Å². The van der Waals surface area contributed by atoms with Crippen molar-refractivity contribution < 1.29 is 58.1 Å². The van der Waals surface area contributed by atoms with Gasteiger partial charge in [0.15, 0.2) is 18.4 Å². The molecule has 0 aliphatic carbocycles. The number of rotatable bonds is 8. The molecule has 4 aliphatic rings. The summed E-state index contributed by atoms with van der Waals surface area (Å²) >= 11 is 0. The number of likely N-dealkylation sites (N-methyl/N-ethyl adjacent to an activating group) is 1. The van der Waals surface area contributed by atoms with Crippen LogP contribution in [-0.2, 0) is 42.8 Å². The highest BCUT2D eigenvalue weighted by atomic mass is 16.7. The highest BCUT2D eigenvalue weighted by Gasteiger charge is 2.55. The molecule has 13 nitrogen and oxygen atoms in total. The second-order valence-electron chi connectivity index (χ2n) is 15.5. The van der Waals surface area contributed by atoms with E-state index in [1.54, 1.807) is 26.8 Å². The molecule has 0 amide bonds. The Balaban J connectivity index is 1.61. The fraction of sp³-hybridized carbons (Fsp3) is 0.865. The summed E-state index contributed by atoms with van der Waals surface area (Å²) < 4.78 is 37.0. The molecule has 0 aromatic rings. The number of cyclic esters (lactones) is 1. The van der Waals surface area contributed by atoms with Crippen molar-refractivity contribution in [1.29, 1.82) is 0 Å². The number of carbonyl (C=O) groups is 3. The number of ketones is 1. The van der Waals surface area contributed by atoms with Crippen LogP contribution in [0.3, 0.4) is 0 Å². The van der Waals surface area contributed by atoms with Gasteiger partial charge in [-0.05, 0) is 72.2 Å². The quantitative estimate of drug-likeness (QED) is 0.191. The molecule has 0 unspecified atom stereocenters. The third-order valence-electron chi connectivity index (χ3n) is 11.3. The van der Waals surface area contributed by atoms with E-state index in [2.05, 4.69) is 0 Å². The van der Waals surface area contributed by atoms with Gasteiger partial charge in [0.25, 0.3) is 0 Å². The fourth-order valence-electron chi connectivity index (χ4n) is 7.96. The van der Waals surface area contributed by atoms with Crippen LogP contribution < -0.4 is 0 Å². The summed E-state index contributed by atoms with van der Waals surface area (Å²) in [6.07, 6.45) is -2.51. The Kier molecular flexibility index (Phi) is 14.2. The van der Waals surface area contributed by atoms with Crippen LogP contribution in [0.25, 0.3) is 0 Å². The maximum absolute atomic E-state index is 13.4. The lowest BCUT2D eigenvalue weighted by Crippen LogP contribution is -2.64. The van der Waals surface area contributed by atoms with E-state index in [1.807, 2.05) is 46.7 Å². The van der Waals surface area contributed by atoms with Gasteiger partial charge in [0.05, 0.1) is 49.1 Å². The Labute approximate surface area is 296 Å². The molecule has 0 spiro atoms.